The molecule has 1 aromatic heterocycles. The number of aromatic nitrogens is 3. The van der Waals surface area contributed by atoms with E-state index >= 15 is 0 Å². The molecule has 0 atom stereocenters. The van der Waals surface area contributed by atoms with Crippen LogP contribution >= 0.6 is 11.8 Å². The van der Waals surface area contributed by atoms with E-state index in [0.29, 0.717) is 5.16 Å². The predicted octanol–water partition coefficient (Wildman–Crippen LogP) is 4.30. The molecule has 0 bridgehead atoms. The number of hydrogen-bond acceptors (Lipinski definition) is 5. The Kier molecular flexibility index (Phi) is 6.32. The first-order valence-electron chi connectivity index (χ1n) is 10.1. The van der Waals surface area contributed by atoms with Crippen LogP contribution < -0.4 is 10.2 Å². The van der Waals surface area contributed by atoms with Crippen LogP contribution in [0.3, 0.4) is 0 Å². The molecule has 30 heavy (non-hydrogen) atoms. The van der Waals surface area contributed by atoms with E-state index in [1.807, 2.05) is 28.8 Å². The van der Waals surface area contributed by atoms with E-state index in [0.717, 1.165) is 43.7 Å². The zero-order chi connectivity index (χ0) is 20.9. The minimum absolute atomic E-state index is 0.112. The van der Waals surface area contributed by atoms with Gasteiger partial charge in [-0.15, -0.1) is 10.2 Å². The number of aryl methyl sites for hydroxylation is 1. The fraction of sp³-hybridized carbons (Fsp3) is 0.318. The highest BCUT2D eigenvalue weighted by atomic mass is 32.2. The number of amides is 1. The standard InChI is InChI=1S/C22H24FN5OS/c1-2-16-8-3-4-10-18(16)28-15-24-26-22(28)30-14-20(29)25-21-17(23)9-7-11-19(21)27-12-5-6-13-27/h3-4,7-11,15H,2,5-6,12-14H2,1H3,(H,25,29). The minimum atomic E-state index is -0.419. The lowest BCUT2D eigenvalue weighted by molar-refractivity contribution is -0.113. The van der Waals surface area contributed by atoms with Crippen molar-refractivity contribution in [1.29, 1.82) is 0 Å². The molecular weight excluding hydrogens is 401 g/mol. The van der Waals surface area contributed by atoms with Crippen LogP contribution in [-0.2, 0) is 11.2 Å². The van der Waals surface area contributed by atoms with Gasteiger partial charge in [0.2, 0.25) is 5.91 Å². The van der Waals surface area contributed by atoms with E-state index < -0.39 is 5.82 Å². The fourth-order valence-corrected chi connectivity index (χ4v) is 4.42. The zero-order valence-corrected chi connectivity index (χ0v) is 17.7. The third-order valence-electron chi connectivity index (χ3n) is 5.18. The molecule has 6 nitrogen and oxygen atoms in total. The van der Waals surface area contributed by atoms with Crippen molar-refractivity contribution in [3.05, 3.63) is 60.2 Å². The van der Waals surface area contributed by atoms with Crippen molar-refractivity contribution in [3.63, 3.8) is 0 Å². The van der Waals surface area contributed by atoms with Gasteiger partial charge in [-0.1, -0.05) is 43.0 Å². The Balaban J connectivity index is 1.47. The second-order valence-electron chi connectivity index (χ2n) is 7.13. The Labute approximate surface area is 179 Å². The van der Waals surface area contributed by atoms with Gasteiger partial charge in [0, 0.05) is 13.1 Å². The number of benzene rings is 2. The van der Waals surface area contributed by atoms with Crippen LogP contribution in [0.25, 0.3) is 5.69 Å². The van der Waals surface area contributed by atoms with Crippen LogP contribution in [0, 0.1) is 5.82 Å². The van der Waals surface area contributed by atoms with Crippen molar-refractivity contribution in [3.8, 4) is 5.69 Å². The molecule has 1 aliphatic heterocycles. The maximum Gasteiger partial charge on any atom is 0.234 e. The summed E-state index contributed by atoms with van der Waals surface area (Å²) in [6.07, 6.45) is 4.69. The van der Waals surface area contributed by atoms with Crippen molar-refractivity contribution >= 4 is 29.0 Å². The molecule has 2 aromatic carbocycles. The summed E-state index contributed by atoms with van der Waals surface area (Å²) < 4.78 is 16.4. The molecule has 3 aromatic rings. The second-order valence-corrected chi connectivity index (χ2v) is 8.07. The Hall–Kier alpha value is -2.87. The van der Waals surface area contributed by atoms with Gasteiger partial charge < -0.3 is 10.2 Å². The molecule has 1 amide bonds. The molecule has 8 heteroatoms. The van der Waals surface area contributed by atoms with E-state index in [-0.39, 0.29) is 17.3 Å². The first-order chi connectivity index (χ1) is 14.7. The van der Waals surface area contributed by atoms with Crippen LogP contribution in [0.5, 0.6) is 0 Å². The quantitative estimate of drug-likeness (QED) is 0.572. The molecule has 1 aliphatic rings. The maximum atomic E-state index is 14.5. The number of thioether (sulfide) groups is 1. The second kappa shape index (κ2) is 9.30. The third-order valence-corrected chi connectivity index (χ3v) is 6.13. The van der Waals surface area contributed by atoms with Crippen LogP contribution in [0.2, 0.25) is 0 Å². The lowest BCUT2D eigenvalue weighted by Gasteiger charge is -2.22. The number of para-hydroxylation sites is 2. The summed E-state index contributed by atoms with van der Waals surface area (Å²) in [5.41, 5.74) is 3.16. The summed E-state index contributed by atoms with van der Waals surface area (Å²) in [5, 5.41) is 11.6. The zero-order valence-electron chi connectivity index (χ0n) is 16.8. The van der Waals surface area contributed by atoms with Gasteiger partial charge in [0.05, 0.1) is 17.1 Å². The molecule has 0 radical (unpaired) electrons. The molecule has 1 fully saturated rings. The molecule has 2 heterocycles. The number of carbonyl (C=O) groups excluding carboxylic acids is 1. The average molecular weight is 426 g/mol. The number of rotatable bonds is 7. The highest BCUT2D eigenvalue weighted by Gasteiger charge is 2.20. The van der Waals surface area contributed by atoms with E-state index in [1.165, 1.54) is 23.4 Å². The highest BCUT2D eigenvalue weighted by Crippen LogP contribution is 2.31. The number of halogens is 1. The molecule has 0 spiro atoms. The summed E-state index contributed by atoms with van der Waals surface area (Å²) in [6.45, 7) is 3.85. The SMILES string of the molecule is CCc1ccccc1-n1cnnc1SCC(=O)Nc1c(F)cccc1N1CCCC1. The molecule has 156 valence electrons. The first kappa shape index (κ1) is 20.4. The van der Waals surface area contributed by atoms with Crippen LogP contribution in [0.4, 0.5) is 15.8 Å². The molecule has 0 aliphatic carbocycles. The smallest absolute Gasteiger partial charge is 0.234 e. The van der Waals surface area contributed by atoms with Crippen LogP contribution in [-0.4, -0.2) is 39.5 Å². The lowest BCUT2D eigenvalue weighted by atomic mass is 10.1. The number of anilines is 2. The summed E-state index contributed by atoms with van der Waals surface area (Å²) in [4.78, 5) is 14.7. The topological polar surface area (TPSA) is 63.1 Å². The van der Waals surface area contributed by atoms with Gasteiger partial charge in [0.15, 0.2) is 5.16 Å². The van der Waals surface area contributed by atoms with Gasteiger partial charge in [-0.2, -0.15) is 0 Å². The monoisotopic (exact) mass is 425 g/mol. The Morgan fingerprint density at radius 3 is 2.70 bits per heavy atom. The lowest BCUT2D eigenvalue weighted by Crippen LogP contribution is -2.22. The number of hydrogen-bond donors (Lipinski definition) is 1. The number of carbonyl (C=O) groups is 1. The van der Waals surface area contributed by atoms with Crippen molar-refractivity contribution in [1.82, 2.24) is 14.8 Å². The molecule has 0 unspecified atom stereocenters. The van der Waals surface area contributed by atoms with Crippen LogP contribution in [0.15, 0.2) is 53.9 Å². The van der Waals surface area contributed by atoms with Crippen molar-refractivity contribution in [2.45, 2.75) is 31.3 Å². The number of nitrogens with one attached hydrogen (secondary N) is 1. The highest BCUT2D eigenvalue weighted by molar-refractivity contribution is 7.99. The van der Waals surface area contributed by atoms with Crippen molar-refractivity contribution in [2.24, 2.45) is 0 Å². The van der Waals surface area contributed by atoms with Gasteiger partial charge >= 0.3 is 0 Å². The third kappa shape index (κ3) is 4.33. The van der Waals surface area contributed by atoms with E-state index in [1.54, 1.807) is 12.4 Å². The van der Waals surface area contributed by atoms with Crippen LogP contribution in [0.1, 0.15) is 25.3 Å². The molecule has 4 rings (SSSR count). The molecular formula is C22H24FN5OS. The Morgan fingerprint density at radius 1 is 1.13 bits per heavy atom. The van der Waals surface area contributed by atoms with Crippen molar-refractivity contribution < 1.29 is 9.18 Å². The predicted molar refractivity (Wildman–Crippen MR) is 118 cm³/mol. The van der Waals surface area contributed by atoms with Gasteiger partial charge in [0.1, 0.15) is 17.8 Å². The molecule has 1 saturated heterocycles. The summed E-state index contributed by atoms with van der Waals surface area (Å²) in [6, 6.07) is 13.0. The molecule has 1 N–H and O–H groups in total. The van der Waals surface area contributed by atoms with E-state index in [4.69, 9.17) is 0 Å². The summed E-state index contributed by atoms with van der Waals surface area (Å²) in [5.74, 6) is -0.581. The van der Waals surface area contributed by atoms with E-state index in [9.17, 15) is 9.18 Å². The normalized spacial score (nSPS) is 13.6. The van der Waals surface area contributed by atoms with E-state index in [2.05, 4.69) is 33.4 Å². The van der Waals surface area contributed by atoms with Gasteiger partial charge in [-0.3, -0.25) is 9.36 Å². The average Bonchev–Trinajstić information content (AvgIpc) is 3.46. The fourth-order valence-electron chi connectivity index (χ4n) is 3.70. The summed E-state index contributed by atoms with van der Waals surface area (Å²) >= 11 is 1.28. The summed E-state index contributed by atoms with van der Waals surface area (Å²) in [7, 11) is 0. The van der Waals surface area contributed by atoms with Gasteiger partial charge in [-0.05, 0) is 43.0 Å². The Morgan fingerprint density at radius 2 is 1.90 bits per heavy atom. The van der Waals surface area contributed by atoms with Gasteiger partial charge in [-0.25, -0.2) is 4.39 Å². The largest absolute Gasteiger partial charge is 0.370 e. The number of nitrogens with zero attached hydrogens (tertiary/aromatic N) is 4. The van der Waals surface area contributed by atoms with Crippen molar-refractivity contribution in [2.75, 3.05) is 29.1 Å². The van der Waals surface area contributed by atoms with Gasteiger partial charge in [0.25, 0.3) is 0 Å². The minimum Gasteiger partial charge on any atom is -0.370 e. The Bertz CT molecular complexity index is 1030. The first-order valence-corrected chi connectivity index (χ1v) is 11.1. The maximum absolute atomic E-state index is 14.5. The molecule has 0 saturated carbocycles.